The Kier molecular flexibility index (Phi) is 5.32. The molecule has 0 radical (unpaired) electrons. The number of benzene rings is 1. The Morgan fingerprint density at radius 1 is 1.48 bits per heavy atom. The Labute approximate surface area is 126 Å². The van der Waals surface area contributed by atoms with E-state index in [9.17, 15) is 4.79 Å². The topological polar surface area (TPSA) is 59.4 Å². The van der Waals surface area contributed by atoms with Crippen molar-refractivity contribution in [3.05, 3.63) is 29.8 Å². The van der Waals surface area contributed by atoms with Gasteiger partial charge in [0.15, 0.2) is 0 Å². The van der Waals surface area contributed by atoms with Crippen LogP contribution < -0.4 is 5.32 Å². The third kappa shape index (κ3) is 4.55. The van der Waals surface area contributed by atoms with Gasteiger partial charge in [0.05, 0.1) is 18.2 Å². The molecule has 0 aliphatic carbocycles. The van der Waals surface area contributed by atoms with Crippen LogP contribution in [0.25, 0.3) is 0 Å². The van der Waals surface area contributed by atoms with Crippen LogP contribution in [0.1, 0.15) is 18.9 Å². The maximum atomic E-state index is 12.2. The van der Waals surface area contributed by atoms with Gasteiger partial charge in [-0.1, -0.05) is 6.07 Å². The Morgan fingerprint density at radius 2 is 2.29 bits per heavy atom. The van der Waals surface area contributed by atoms with Gasteiger partial charge in [0.2, 0.25) is 5.91 Å². The number of rotatable bonds is 3. The number of nitriles is 1. The van der Waals surface area contributed by atoms with Crippen molar-refractivity contribution < 1.29 is 4.79 Å². The van der Waals surface area contributed by atoms with E-state index in [-0.39, 0.29) is 5.91 Å². The van der Waals surface area contributed by atoms with Crippen molar-refractivity contribution in [1.29, 1.82) is 5.26 Å². The molecule has 2 rings (SSSR count). The second-order valence-corrected chi connectivity index (χ2v) is 5.68. The van der Waals surface area contributed by atoms with E-state index in [1.807, 2.05) is 0 Å². The second kappa shape index (κ2) is 7.21. The fourth-order valence-corrected chi connectivity index (χ4v) is 2.71. The number of hydrogen-bond donors (Lipinski definition) is 1. The number of likely N-dealkylation sites (N-methyl/N-ethyl adjacent to an activating group) is 1. The van der Waals surface area contributed by atoms with Gasteiger partial charge in [-0.25, -0.2) is 0 Å². The van der Waals surface area contributed by atoms with Crippen LogP contribution in [0.3, 0.4) is 0 Å². The van der Waals surface area contributed by atoms with E-state index in [2.05, 4.69) is 35.2 Å². The molecule has 21 heavy (non-hydrogen) atoms. The van der Waals surface area contributed by atoms with Crippen molar-refractivity contribution in [3.63, 3.8) is 0 Å². The lowest BCUT2D eigenvalue weighted by atomic mass is 10.2. The van der Waals surface area contributed by atoms with Gasteiger partial charge in [0.1, 0.15) is 0 Å². The zero-order chi connectivity index (χ0) is 15.2. The van der Waals surface area contributed by atoms with Crippen molar-refractivity contribution in [2.24, 2.45) is 0 Å². The average Bonchev–Trinajstić information content (AvgIpc) is 2.60. The molecule has 5 heteroatoms. The molecule has 1 atom stereocenters. The van der Waals surface area contributed by atoms with E-state index in [4.69, 9.17) is 5.26 Å². The molecular weight excluding hydrogens is 264 g/mol. The minimum absolute atomic E-state index is 0.0264. The first-order valence-electron chi connectivity index (χ1n) is 7.31. The van der Waals surface area contributed by atoms with Gasteiger partial charge in [-0.15, -0.1) is 0 Å². The van der Waals surface area contributed by atoms with Gasteiger partial charge in [0, 0.05) is 24.8 Å². The SMILES string of the molecule is CC1CN(C)CCCN1CC(=O)Nc1cccc(C#N)c1. The fourth-order valence-electron chi connectivity index (χ4n) is 2.71. The smallest absolute Gasteiger partial charge is 0.238 e. The highest BCUT2D eigenvalue weighted by molar-refractivity contribution is 5.92. The standard InChI is InChI=1S/C16H22N4O/c1-13-11-19(2)7-4-8-20(13)12-16(21)18-15-6-3-5-14(9-15)10-17/h3,5-6,9,13H,4,7-8,11-12H2,1-2H3,(H,18,21). The van der Waals surface area contributed by atoms with E-state index in [0.29, 0.717) is 23.8 Å². The molecule has 5 nitrogen and oxygen atoms in total. The number of anilines is 1. The lowest BCUT2D eigenvalue weighted by Gasteiger charge is -2.27. The summed E-state index contributed by atoms with van der Waals surface area (Å²) in [5.41, 5.74) is 1.23. The van der Waals surface area contributed by atoms with Gasteiger partial charge in [-0.3, -0.25) is 9.69 Å². The summed E-state index contributed by atoms with van der Waals surface area (Å²) >= 11 is 0. The number of nitrogens with zero attached hydrogens (tertiary/aromatic N) is 3. The summed E-state index contributed by atoms with van der Waals surface area (Å²) < 4.78 is 0. The molecule has 1 aliphatic rings. The first-order chi connectivity index (χ1) is 10.1. The highest BCUT2D eigenvalue weighted by Crippen LogP contribution is 2.11. The first kappa shape index (κ1) is 15.5. The zero-order valence-corrected chi connectivity index (χ0v) is 12.7. The van der Waals surface area contributed by atoms with E-state index < -0.39 is 0 Å². The summed E-state index contributed by atoms with van der Waals surface area (Å²) in [5.74, 6) is -0.0264. The Bertz CT molecular complexity index is 537. The van der Waals surface area contributed by atoms with Gasteiger partial charge in [-0.2, -0.15) is 5.26 Å². The largest absolute Gasteiger partial charge is 0.325 e. The van der Waals surface area contributed by atoms with Crippen LogP contribution in [0, 0.1) is 11.3 Å². The van der Waals surface area contributed by atoms with Gasteiger partial charge in [0.25, 0.3) is 0 Å². The lowest BCUT2D eigenvalue weighted by molar-refractivity contribution is -0.117. The number of carbonyl (C=O) groups is 1. The van der Waals surface area contributed by atoms with Crippen LogP contribution in [0.15, 0.2) is 24.3 Å². The van der Waals surface area contributed by atoms with Crippen molar-refractivity contribution in [3.8, 4) is 6.07 Å². The highest BCUT2D eigenvalue weighted by atomic mass is 16.2. The highest BCUT2D eigenvalue weighted by Gasteiger charge is 2.21. The summed E-state index contributed by atoms with van der Waals surface area (Å²) in [6.45, 7) is 5.55. The van der Waals surface area contributed by atoms with Gasteiger partial charge >= 0.3 is 0 Å². The van der Waals surface area contributed by atoms with E-state index in [1.165, 1.54) is 0 Å². The number of amides is 1. The molecule has 1 heterocycles. The van der Waals surface area contributed by atoms with Gasteiger partial charge < -0.3 is 10.2 Å². The number of hydrogen-bond acceptors (Lipinski definition) is 4. The minimum Gasteiger partial charge on any atom is -0.325 e. The Hall–Kier alpha value is -1.90. The minimum atomic E-state index is -0.0264. The van der Waals surface area contributed by atoms with Crippen molar-refractivity contribution >= 4 is 11.6 Å². The zero-order valence-electron chi connectivity index (χ0n) is 12.7. The molecule has 1 unspecified atom stereocenters. The maximum Gasteiger partial charge on any atom is 0.238 e. The second-order valence-electron chi connectivity index (χ2n) is 5.68. The quantitative estimate of drug-likeness (QED) is 0.915. The van der Waals surface area contributed by atoms with Crippen molar-refractivity contribution in [2.75, 3.05) is 38.5 Å². The summed E-state index contributed by atoms with van der Waals surface area (Å²) in [6, 6.07) is 9.44. The van der Waals surface area contributed by atoms with E-state index in [0.717, 1.165) is 26.1 Å². The van der Waals surface area contributed by atoms with Crippen LogP contribution in [0.2, 0.25) is 0 Å². The molecule has 1 fully saturated rings. The Balaban J connectivity index is 1.93. The average molecular weight is 286 g/mol. The van der Waals surface area contributed by atoms with Crippen molar-refractivity contribution in [2.45, 2.75) is 19.4 Å². The molecule has 1 N–H and O–H groups in total. The first-order valence-corrected chi connectivity index (χ1v) is 7.31. The molecule has 1 aliphatic heterocycles. The van der Waals surface area contributed by atoms with E-state index in [1.54, 1.807) is 24.3 Å². The van der Waals surface area contributed by atoms with Crippen LogP contribution >= 0.6 is 0 Å². The molecule has 0 aromatic heterocycles. The Morgan fingerprint density at radius 3 is 3.05 bits per heavy atom. The summed E-state index contributed by atoms with van der Waals surface area (Å²) in [6.07, 6.45) is 1.08. The molecule has 112 valence electrons. The predicted octanol–water partition coefficient (Wildman–Crippen LogP) is 1.52. The third-order valence-corrected chi connectivity index (χ3v) is 3.81. The third-order valence-electron chi connectivity index (χ3n) is 3.81. The monoisotopic (exact) mass is 286 g/mol. The summed E-state index contributed by atoms with van der Waals surface area (Å²) in [5, 5.41) is 11.7. The van der Waals surface area contributed by atoms with Crippen molar-refractivity contribution in [1.82, 2.24) is 9.80 Å². The van der Waals surface area contributed by atoms with Crippen LogP contribution in [0.5, 0.6) is 0 Å². The van der Waals surface area contributed by atoms with Crippen LogP contribution in [0.4, 0.5) is 5.69 Å². The summed E-state index contributed by atoms with van der Waals surface area (Å²) in [4.78, 5) is 16.7. The van der Waals surface area contributed by atoms with Gasteiger partial charge in [-0.05, 0) is 45.1 Å². The lowest BCUT2D eigenvalue weighted by Crippen LogP contribution is -2.42. The molecular formula is C16H22N4O. The predicted molar refractivity (Wildman–Crippen MR) is 82.9 cm³/mol. The fraction of sp³-hybridized carbons (Fsp3) is 0.500. The molecule has 1 amide bonds. The molecule has 0 bridgehead atoms. The normalized spacial score (nSPS) is 20.5. The van der Waals surface area contributed by atoms with E-state index >= 15 is 0 Å². The molecule has 1 aromatic rings. The number of carbonyl (C=O) groups excluding carboxylic acids is 1. The summed E-state index contributed by atoms with van der Waals surface area (Å²) in [7, 11) is 2.12. The van der Waals surface area contributed by atoms with Crippen LogP contribution in [-0.2, 0) is 4.79 Å². The molecule has 1 saturated heterocycles. The molecule has 0 spiro atoms. The molecule has 0 saturated carbocycles. The molecule has 1 aromatic carbocycles. The van der Waals surface area contributed by atoms with Crippen LogP contribution in [-0.4, -0.2) is 55.0 Å². The maximum absolute atomic E-state index is 12.2. The number of nitrogens with one attached hydrogen (secondary N) is 1.